The Morgan fingerprint density at radius 3 is 2.38 bits per heavy atom. The first-order valence-corrected chi connectivity index (χ1v) is 6.65. The Bertz CT molecular complexity index is 305. The maximum atomic E-state index is 8.96. The molecule has 0 amide bonds. The smallest absolute Gasteiger partial charge is 0.423 e. The number of thioether (sulfide) groups is 1. The van der Waals surface area contributed by atoms with Crippen LogP contribution in [0.4, 0.5) is 0 Å². The predicted molar refractivity (Wildman–Crippen MR) is 71.0 cm³/mol. The van der Waals surface area contributed by atoms with E-state index in [0.29, 0.717) is 5.46 Å². The molecule has 0 heterocycles. The molecule has 0 aromatic heterocycles. The van der Waals surface area contributed by atoms with Gasteiger partial charge in [0, 0.05) is 18.8 Å². The predicted octanol–water partition coefficient (Wildman–Crippen LogP) is 0.161. The zero-order chi connectivity index (χ0) is 12.0. The molecule has 2 N–H and O–H groups in total. The topological polar surface area (TPSA) is 43.7 Å². The van der Waals surface area contributed by atoms with Gasteiger partial charge < -0.3 is 14.9 Å². The third-order valence-electron chi connectivity index (χ3n) is 2.41. The van der Waals surface area contributed by atoms with E-state index in [1.165, 1.54) is 5.56 Å². The Balaban J connectivity index is 2.48. The minimum Gasteiger partial charge on any atom is -0.423 e. The van der Waals surface area contributed by atoms with Gasteiger partial charge in [-0.25, -0.2) is 0 Å². The van der Waals surface area contributed by atoms with Gasteiger partial charge in [-0.15, -0.1) is 0 Å². The Morgan fingerprint density at radius 1 is 1.25 bits per heavy atom. The van der Waals surface area contributed by atoms with Gasteiger partial charge in [0.15, 0.2) is 0 Å². The van der Waals surface area contributed by atoms with Gasteiger partial charge in [-0.3, -0.25) is 0 Å². The van der Waals surface area contributed by atoms with Gasteiger partial charge >= 0.3 is 7.12 Å². The summed E-state index contributed by atoms with van der Waals surface area (Å²) < 4.78 is 0. The zero-order valence-corrected chi connectivity index (χ0v) is 10.6. The highest BCUT2D eigenvalue weighted by molar-refractivity contribution is 7.98. The minimum atomic E-state index is -1.37. The molecule has 0 aliphatic carbocycles. The Morgan fingerprint density at radius 2 is 1.88 bits per heavy atom. The van der Waals surface area contributed by atoms with E-state index in [0.717, 1.165) is 18.8 Å². The summed E-state index contributed by atoms with van der Waals surface area (Å²) in [6.45, 7) is 1.95. The molecule has 5 heteroatoms. The maximum Gasteiger partial charge on any atom is 0.488 e. The van der Waals surface area contributed by atoms with Gasteiger partial charge in [0.1, 0.15) is 0 Å². The van der Waals surface area contributed by atoms with Crippen molar-refractivity contribution in [3.8, 4) is 0 Å². The van der Waals surface area contributed by atoms with Crippen molar-refractivity contribution in [1.29, 1.82) is 0 Å². The van der Waals surface area contributed by atoms with E-state index in [9.17, 15) is 0 Å². The second-order valence-electron chi connectivity index (χ2n) is 3.85. The number of rotatable bonds is 6. The lowest BCUT2D eigenvalue weighted by Crippen LogP contribution is -2.29. The Hall–Kier alpha value is -0.485. The molecule has 0 spiro atoms. The largest absolute Gasteiger partial charge is 0.488 e. The van der Waals surface area contributed by atoms with Crippen LogP contribution in [-0.2, 0) is 6.54 Å². The third kappa shape index (κ3) is 4.57. The van der Waals surface area contributed by atoms with Crippen LogP contribution in [0.5, 0.6) is 0 Å². The molecule has 0 bridgehead atoms. The number of hydrogen-bond donors (Lipinski definition) is 2. The molecule has 0 fully saturated rings. The number of benzene rings is 1. The van der Waals surface area contributed by atoms with Crippen LogP contribution in [0.1, 0.15) is 5.56 Å². The van der Waals surface area contributed by atoms with Crippen molar-refractivity contribution in [3.63, 3.8) is 0 Å². The van der Waals surface area contributed by atoms with Gasteiger partial charge in [0.05, 0.1) is 0 Å². The summed E-state index contributed by atoms with van der Waals surface area (Å²) in [5.74, 6) is 1.13. The number of hydrogen-bond acceptors (Lipinski definition) is 4. The standard InChI is InChI=1S/C11H18BNO2S/c1-13(7-8-16-2)9-10-3-5-11(6-4-10)12(14)15/h3-6,14-15H,7-9H2,1-2H3. The molecular formula is C11H18BNO2S. The Kier molecular flexibility index (Phi) is 5.91. The molecule has 1 aromatic rings. The quantitative estimate of drug-likeness (QED) is 0.694. The van der Waals surface area contributed by atoms with E-state index in [2.05, 4.69) is 18.2 Å². The Labute approximate surface area is 102 Å². The van der Waals surface area contributed by atoms with E-state index in [4.69, 9.17) is 10.0 Å². The normalized spacial score (nSPS) is 10.8. The summed E-state index contributed by atoms with van der Waals surface area (Å²) in [5.41, 5.74) is 1.73. The summed E-state index contributed by atoms with van der Waals surface area (Å²) in [7, 11) is 0.716. The molecule has 3 nitrogen and oxygen atoms in total. The monoisotopic (exact) mass is 239 g/mol. The van der Waals surface area contributed by atoms with E-state index in [1.54, 1.807) is 12.1 Å². The molecular weight excluding hydrogens is 221 g/mol. The highest BCUT2D eigenvalue weighted by Gasteiger charge is 2.09. The first-order valence-electron chi connectivity index (χ1n) is 5.26. The van der Waals surface area contributed by atoms with Crippen LogP contribution in [0, 0.1) is 0 Å². The van der Waals surface area contributed by atoms with E-state index >= 15 is 0 Å². The van der Waals surface area contributed by atoms with Crippen LogP contribution >= 0.6 is 11.8 Å². The molecule has 1 aromatic carbocycles. The fourth-order valence-corrected chi connectivity index (χ4v) is 1.93. The van der Waals surface area contributed by atoms with Gasteiger partial charge in [-0.1, -0.05) is 24.3 Å². The summed E-state index contributed by atoms with van der Waals surface area (Å²) in [6.07, 6.45) is 2.10. The first kappa shape index (κ1) is 13.6. The summed E-state index contributed by atoms with van der Waals surface area (Å²) in [5, 5.41) is 17.9. The molecule has 88 valence electrons. The van der Waals surface area contributed by atoms with Crippen molar-refractivity contribution in [3.05, 3.63) is 29.8 Å². The average Bonchev–Trinajstić information content (AvgIpc) is 2.27. The second-order valence-corrected chi connectivity index (χ2v) is 4.83. The van der Waals surface area contributed by atoms with Crippen molar-refractivity contribution in [2.24, 2.45) is 0 Å². The van der Waals surface area contributed by atoms with E-state index in [-0.39, 0.29) is 0 Å². The number of nitrogens with zero attached hydrogens (tertiary/aromatic N) is 1. The van der Waals surface area contributed by atoms with Gasteiger partial charge in [0.25, 0.3) is 0 Å². The van der Waals surface area contributed by atoms with Gasteiger partial charge in [0.2, 0.25) is 0 Å². The van der Waals surface area contributed by atoms with Gasteiger partial charge in [-0.05, 0) is 24.3 Å². The molecule has 0 saturated carbocycles. The van der Waals surface area contributed by atoms with Crippen LogP contribution in [0.3, 0.4) is 0 Å². The fraction of sp³-hybridized carbons (Fsp3) is 0.455. The van der Waals surface area contributed by atoms with Crippen molar-refractivity contribution >= 4 is 24.3 Å². The molecule has 16 heavy (non-hydrogen) atoms. The van der Waals surface area contributed by atoms with E-state index in [1.807, 2.05) is 23.9 Å². The maximum absolute atomic E-state index is 8.96. The average molecular weight is 239 g/mol. The van der Waals surface area contributed by atoms with Crippen molar-refractivity contribution in [2.75, 3.05) is 25.6 Å². The first-order chi connectivity index (χ1) is 7.63. The highest BCUT2D eigenvalue weighted by atomic mass is 32.2. The fourth-order valence-electron chi connectivity index (χ4n) is 1.43. The van der Waals surface area contributed by atoms with Gasteiger partial charge in [-0.2, -0.15) is 11.8 Å². The molecule has 0 atom stereocenters. The lowest BCUT2D eigenvalue weighted by molar-refractivity contribution is 0.349. The molecule has 1 rings (SSSR count). The van der Waals surface area contributed by atoms with E-state index < -0.39 is 7.12 Å². The van der Waals surface area contributed by atoms with Crippen molar-refractivity contribution in [1.82, 2.24) is 4.90 Å². The van der Waals surface area contributed by atoms with Crippen molar-refractivity contribution < 1.29 is 10.0 Å². The van der Waals surface area contributed by atoms with Crippen LogP contribution in [0.2, 0.25) is 0 Å². The molecule has 0 radical (unpaired) electrons. The van der Waals surface area contributed by atoms with Crippen LogP contribution in [-0.4, -0.2) is 47.7 Å². The highest BCUT2D eigenvalue weighted by Crippen LogP contribution is 2.03. The second kappa shape index (κ2) is 6.96. The molecule has 0 aliphatic rings. The molecule has 0 aliphatic heterocycles. The molecule has 0 saturated heterocycles. The zero-order valence-electron chi connectivity index (χ0n) is 9.76. The summed E-state index contributed by atoms with van der Waals surface area (Å²) >= 11 is 1.84. The van der Waals surface area contributed by atoms with Crippen molar-refractivity contribution in [2.45, 2.75) is 6.54 Å². The SMILES string of the molecule is CSCCN(C)Cc1ccc(B(O)O)cc1. The third-order valence-corrected chi connectivity index (χ3v) is 3.00. The molecule has 0 unspecified atom stereocenters. The van der Waals surface area contributed by atoms with Crippen LogP contribution in [0.25, 0.3) is 0 Å². The lowest BCUT2D eigenvalue weighted by atomic mass is 9.80. The summed E-state index contributed by atoms with van der Waals surface area (Å²) in [4.78, 5) is 2.25. The van der Waals surface area contributed by atoms with Crippen LogP contribution in [0.15, 0.2) is 24.3 Å². The minimum absolute atomic E-state index is 0.538. The van der Waals surface area contributed by atoms with Crippen LogP contribution < -0.4 is 5.46 Å². The lowest BCUT2D eigenvalue weighted by Gasteiger charge is -2.16. The summed E-state index contributed by atoms with van der Waals surface area (Å²) in [6, 6.07) is 7.37.